The van der Waals surface area contributed by atoms with Crippen molar-refractivity contribution in [1.82, 2.24) is 0 Å². The molecule has 1 aromatic rings. The van der Waals surface area contributed by atoms with Crippen LogP contribution in [0.25, 0.3) is 0 Å². The maximum absolute atomic E-state index is 9.26. The maximum Gasteiger partial charge on any atom is 0.0667 e. The van der Waals surface area contributed by atoms with Crippen LogP contribution in [0.1, 0.15) is 37.7 Å². The third kappa shape index (κ3) is 3.51. The molecule has 0 radical (unpaired) electrons. The minimum atomic E-state index is 0.239. The molecule has 0 saturated heterocycles. The first kappa shape index (κ1) is 12.5. The average molecular weight is 245 g/mol. The molecule has 2 rings (SSSR count). The van der Waals surface area contributed by atoms with E-state index in [-0.39, 0.29) is 5.92 Å². The fourth-order valence-corrected chi connectivity index (χ4v) is 3.83. The van der Waals surface area contributed by atoms with Gasteiger partial charge in [0, 0.05) is 10.1 Å². The van der Waals surface area contributed by atoms with Crippen molar-refractivity contribution in [3.05, 3.63) is 29.8 Å². The number of thioether (sulfide) groups is 1. The Morgan fingerprint density at radius 3 is 2.82 bits per heavy atom. The molecule has 2 atom stereocenters. The van der Waals surface area contributed by atoms with Crippen LogP contribution in [0.4, 0.5) is 0 Å². The summed E-state index contributed by atoms with van der Waals surface area (Å²) in [5.41, 5.74) is 1.30. The van der Waals surface area contributed by atoms with Gasteiger partial charge in [0.1, 0.15) is 0 Å². The third-order valence-corrected chi connectivity index (χ3v) is 4.79. The van der Waals surface area contributed by atoms with Gasteiger partial charge in [-0.25, -0.2) is 0 Å². The van der Waals surface area contributed by atoms with E-state index in [0.29, 0.717) is 5.25 Å². The molecule has 1 fully saturated rings. The standard InChI is InChI=1S/C15H19NS/c1-12-6-5-8-14(10-12)17-15-9-4-2-3-7-13(15)11-16/h5-6,8,10,13,15H,2-4,7,9H2,1H3. The molecular formula is C15H19NS. The monoisotopic (exact) mass is 245 g/mol. The van der Waals surface area contributed by atoms with Gasteiger partial charge in [0.15, 0.2) is 0 Å². The molecular weight excluding hydrogens is 226 g/mol. The quantitative estimate of drug-likeness (QED) is 0.713. The fourth-order valence-electron chi connectivity index (χ4n) is 2.43. The van der Waals surface area contributed by atoms with Crippen LogP contribution in [0.2, 0.25) is 0 Å². The summed E-state index contributed by atoms with van der Waals surface area (Å²) in [4.78, 5) is 1.32. The van der Waals surface area contributed by atoms with Crippen molar-refractivity contribution in [1.29, 1.82) is 5.26 Å². The van der Waals surface area contributed by atoms with E-state index < -0.39 is 0 Å². The summed E-state index contributed by atoms with van der Waals surface area (Å²) in [6, 6.07) is 11.1. The first-order valence-electron chi connectivity index (χ1n) is 6.42. The molecule has 1 aromatic carbocycles. The van der Waals surface area contributed by atoms with Gasteiger partial charge in [-0.15, -0.1) is 11.8 Å². The maximum atomic E-state index is 9.26. The summed E-state index contributed by atoms with van der Waals surface area (Å²) in [6.07, 6.45) is 6.07. The predicted molar refractivity (Wildman–Crippen MR) is 73.0 cm³/mol. The Morgan fingerprint density at radius 2 is 2.06 bits per heavy atom. The van der Waals surface area contributed by atoms with Crippen LogP contribution in [-0.2, 0) is 0 Å². The molecule has 0 aliphatic heterocycles. The van der Waals surface area contributed by atoms with Gasteiger partial charge in [-0.3, -0.25) is 0 Å². The second-order valence-corrected chi connectivity index (χ2v) is 6.16. The second-order valence-electron chi connectivity index (χ2n) is 4.85. The molecule has 0 bridgehead atoms. The van der Waals surface area contributed by atoms with Crippen LogP contribution in [0.5, 0.6) is 0 Å². The molecule has 1 aliphatic carbocycles. The molecule has 1 aliphatic rings. The number of hydrogen-bond donors (Lipinski definition) is 0. The number of nitrogens with zero attached hydrogens (tertiary/aromatic N) is 1. The zero-order valence-electron chi connectivity index (χ0n) is 10.4. The Hall–Kier alpha value is -0.940. The van der Waals surface area contributed by atoms with Crippen molar-refractivity contribution in [3.63, 3.8) is 0 Å². The van der Waals surface area contributed by atoms with Gasteiger partial charge in [0.25, 0.3) is 0 Å². The molecule has 0 aromatic heterocycles. The highest BCUT2D eigenvalue weighted by atomic mass is 32.2. The lowest BCUT2D eigenvalue weighted by Crippen LogP contribution is -2.13. The van der Waals surface area contributed by atoms with E-state index in [1.165, 1.54) is 36.1 Å². The molecule has 0 heterocycles. The number of hydrogen-bond acceptors (Lipinski definition) is 2. The zero-order chi connectivity index (χ0) is 12.1. The van der Waals surface area contributed by atoms with Gasteiger partial charge in [-0.05, 0) is 31.9 Å². The Balaban J connectivity index is 2.07. The van der Waals surface area contributed by atoms with E-state index in [2.05, 4.69) is 37.3 Å². The van der Waals surface area contributed by atoms with Crippen LogP contribution < -0.4 is 0 Å². The molecule has 0 N–H and O–H groups in total. The normalized spacial score (nSPS) is 24.9. The van der Waals surface area contributed by atoms with Crippen molar-refractivity contribution >= 4 is 11.8 Å². The highest BCUT2D eigenvalue weighted by Crippen LogP contribution is 2.36. The number of nitriles is 1. The Morgan fingerprint density at radius 1 is 1.24 bits per heavy atom. The smallest absolute Gasteiger partial charge is 0.0667 e. The summed E-state index contributed by atoms with van der Waals surface area (Å²) < 4.78 is 0. The minimum Gasteiger partial charge on any atom is -0.198 e. The van der Waals surface area contributed by atoms with Crippen LogP contribution in [0, 0.1) is 24.2 Å². The second kappa shape index (κ2) is 6.12. The minimum absolute atomic E-state index is 0.239. The summed E-state index contributed by atoms with van der Waals surface area (Å²) in [7, 11) is 0. The largest absolute Gasteiger partial charge is 0.198 e. The van der Waals surface area contributed by atoms with Gasteiger partial charge in [-0.1, -0.05) is 37.0 Å². The van der Waals surface area contributed by atoms with Crippen LogP contribution >= 0.6 is 11.8 Å². The molecule has 2 unspecified atom stereocenters. The van der Waals surface area contributed by atoms with E-state index in [4.69, 9.17) is 0 Å². The van der Waals surface area contributed by atoms with E-state index >= 15 is 0 Å². The van der Waals surface area contributed by atoms with Gasteiger partial charge in [-0.2, -0.15) is 5.26 Å². The average Bonchev–Trinajstić information content (AvgIpc) is 2.54. The molecule has 90 valence electrons. The van der Waals surface area contributed by atoms with Crippen molar-refractivity contribution in [3.8, 4) is 6.07 Å². The van der Waals surface area contributed by atoms with Crippen LogP contribution in [-0.4, -0.2) is 5.25 Å². The van der Waals surface area contributed by atoms with Crippen molar-refractivity contribution in [2.75, 3.05) is 0 Å². The number of aryl methyl sites for hydroxylation is 1. The summed E-state index contributed by atoms with van der Waals surface area (Å²) in [5, 5.41) is 9.75. The SMILES string of the molecule is Cc1cccc(SC2CCCCCC2C#N)c1. The van der Waals surface area contributed by atoms with Gasteiger partial charge < -0.3 is 0 Å². The predicted octanol–water partition coefficient (Wildman–Crippen LogP) is 4.56. The summed E-state index contributed by atoms with van der Waals surface area (Å²) >= 11 is 1.90. The van der Waals surface area contributed by atoms with Crippen LogP contribution in [0.3, 0.4) is 0 Å². The lowest BCUT2D eigenvalue weighted by Gasteiger charge is -2.18. The van der Waals surface area contributed by atoms with Gasteiger partial charge in [0.05, 0.1) is 12.0 Å². The third-order valence-electron chi connectivity index (χ3n) is 3.40. The van der Waals surface area contributed by atoms with E-state index in [9.17, 15) is 5.26 Å². The fraction of sp³-hybridized carbons (Fsp3) is 0.533. The van der Waals surface area contributed by atoms with Crippen molar-refractivity contribution in [2.24, 2.45) is 5.92 Å². The van der Waals surface area contributed by atoms with E-state index in [1.807, 2.05) is 11.8 Å². The van der Waals surface area contributed by atoms with E-state index in [1.54, 1.807) is 0 Å². The molecule has 1 nitrogen and oxygen atoms in total. The highest BCUT2D eigenvalue weighted by Gasteiger charge is 2.24. The lowest BCUT2D eigenvalue weighted by molar-refractivity contribution is 0.585. The number of benzene rings is 1. The summed E-state index contributed by atoms with van der Waals surface area (Å²) in [6.45, 7) is 2.12. The molecule has 0 amide bonds. The molecule has 17 heavy (non-hydrogen) atoms. The topological polar surface area (TPSA) is 23.8 Å². The van der Waals surface area contributed by atoms with E-state index in [0.717, 1.165) is 6.42 Å². The van der Waals surface area contributed by atoms with Crippen molar-refractivity contribution in [2.45, 2.75) is 49.2 Å². The van der Waals surface area contributed by atoms with Gasteiger partial charge in [0.2, 0.25) is 0 Å². The summed E-state index contributed by atoms with van der Waals surface area (Å²) in [5.74, 6) is 0.239. The van der Waals surface area contributed by atoms with Gasteiger partial charge >= 0.3 is 0 Å². The Kier molecular flexibility index (Phi) is 4.50. The van der Waals surface area contributed by atoms with Crippen LogP contribution in [0.15, 0.2) is 29.2 Å². The Bertz CT molecular complexity index is 408. The lowest BCUT2D eigenvalue weighted by atomic mass is 10.0. The molecule has 2 heteroatoms. The molecule has 1 saturated carbocycles. The first-order valence-corrected chi connectivity index (χ1v) is 7.30. The molecule has 0 spiro atoms. The number of rotatable bonds is 2. The van der Waals surface area contributed by atoms with Crippen molar-refractivity contribution < 1.29 is 0 Å². The Labute approximate surface area is 108 Å². The zero-order valence-corrected chi connectivity index (χ0v) is 11.2. The highest BCUT2D eigenvalue weighted by molar-refractivity contribution is 8.00. The first-order chi connectivity index (χ1) is 8.29.